The molecule has 0 saturated heterocycles. The summed E-state index contributed by atoms with van der Waals surface area (Å²) in [5.74, 6) is 0.659. The average Bonchev–Trinajstić information content (AvgIpc) is 2.94. The smallest absolute Gasteiger partial charge is 0.269 e. The average molecular weight is 297 g/mol. The Morgan fingerprint density at radius 2 is 2.05 bits per heavy atom. The summed E-state index contributed by atoms with van der Waals surface area (Å²) in [5.41, 5.74) is 4.46. The van der Waals surface area contributed by atoms with Crippen molar-refractivity contribution in [1.29, 1.82) is 0 Å². The van der Waals surface area contributed by atoms with Crippen LogP contribution < -0.4 is 4.90 Å². The Morgan fingerprint density at radius 3 is 2.82 bits per heavy atom. The number of benzene rings is 1. The van der Waals surface area contributed by atoms with Crippen LogP contribution >= 0.6 is 0 Å². The number of amides is 1. The van der Waals surface area contributed by atoms with Gasteiger partial charge in [0.1, 0.15) is 5.69 Å². The molecule has 2 aromatic rings. The number of H-pyrrole nitrogens is 1. The number of hydrogen-bond acceptors (Lipinski definition) is 2. The topological polar surface area (TPSA) is 39.3 Å². The van der Waals surface area contributed by atoms with E-state index >= 15 is 0 Å². The number of nitrogens with zero attached hydrogens (tertiary/aromatic N) is 2. The van der Waals surface area contributed by atoms with Gasteiger partial charge in [0.15, 0.2) is 0 Å². The third kappa shape index (κ3) is 2.86. The summed E-state index contributed by atoms with van der Waals surface area (Å²) in [5, 5.41) is 0. The fraction of sp³-hybridized carbons (Fsp3) is 0.389. The van der Waals surface area contributed by atoms with E-state index in [1.807, 2.05) is 12.1 Å². The van der Waals surface area contributed by atoms with Crippen molar-refractivity contribution in [1.82, 2.24) is 9.88 Å². The van der Waals surface area contributed by atoms with E-state index in [9.17, 15) is 4.79 Å². The summed E-state index contributed by atoms with van der Waals surface area (Å²) in [7, 11) is 3.54. The summed E-state index contributed by atoms with van der Waals surface area (Å²) >= 11 is 0. The lowest BCUT2D eigenvalue weighted by Gasteiger charge is -2.34. The van der Waals surface area contributed by atoms with Gasteiger partial charge in [0.2, 0.25) is 0 Å². The number of fused-ring (bicyclic) bond motifs is 1. The highest BCUT2D eigenvalue weighted by Crippen LogP contribution is 2.30. The van der Waals surface area contributed by atoms with Crippen molar-refractivity contribution in [3.05, 3.63) is 53.3 Å². The summed E-state index contributed by atoms with van der Waals surface area (Å²) < 4.78 is 0. The molecular formula is C18H23N3O. The van der Waals surface area contributed by atoms with E-state index in [4.69, 9.17) is 0 Å². The van der Waals surface area contributed by atoms with Gasteiger partial charge in [-0.2, -0.15) is 0 Å². The van der Waals surface area contributed by atoms with Crippen molar-refractivity contribution < 1.29 is 4.79 Å². The van der Waals surface area contributed by atoms with Crippen LogP contribution in [0.1, 0.15) is 28.7 Å². The molecule has 1 aromatic heterocycles. The first-order valence-corrected chi connectivity index (χ1v) is 7.77. The minimum absolute atomic E-state index is 0.0127. The molecule has 0 unspecified atom stereocenters. The Bertz CT molecular complexity index is 674. The van der Waals surface area contributed by atoms with Crippen LogP contribution in [0.15, 0.2) is 36.4 Å². The van der Waals surface area contributed by atoms with E-state index in [1.165, 1.54) is 11.3 Å². The summed E-state index contributed by atoms with van der Waals surface area (Å²) in [4.78, 5) is 19.2. The lowest BCUT2D eigenvalue weighted by Crippen LogP contribution is -2.33. The van der Waals surface area contributed by atoms with Crippen LogP contribution in [0.4, 0.5) is 5.69 Å². The lowest BCUT2D eigenvalue weighted by atomic mass is 9.94. The molecule has 1 amide bonds. The monoisotopic (exact) mass is 297 g/mol. The molecule has 4 nitrogen and oxygen atoms in total. The second kappa shape index (κ2) is 5.87. The molecule has 4 heteroatoms. The van der Waals surface area contributed by atoms with Gasteiger partial charge in [-0.05, 0) is 36.1 Å². The number of rotatable bonds is 3. The number of carbonyl (C=O) groups excluding carboxylic acids is 1. The van der Waals surface area contributed by atoms with Gasteiger partial charge in [-0.3, -0.25) is 4.79 Å². The van der Waals surface area contributed by atoms with E-state index in [0.717, 1.165) is 25.2 Å². The van der Waals surface area contributed by atoms with Crippen molar-refractivity contribution in [2.24, 2.45) is 5.92 Å². The standard InChI is InChI=1S/C18H23N3O/c1-13-10-14-6-4-5-7-17(14)21(11-13)12-15-8-9-16(19-15)18(22)20(2)3/h4-9,13,19H,10-12H2,1-3H3/t13-/m0/s1. The molecular weight excluding hydrogens is 274 g/mol. The summed E-state index contributed by atoms with van der Waals surface area (Å²) in [6, 6.07) is 12.5. The predicted molar refractivity (Wildman–Crippen MR) is 89.2 cm³/mol. The number of carbonyl (C=O) groups is 1. The first kappa shape index (κ1) is 14.7. The van der Waals surface area contributed by atoms with Gasteiger partial charge in [0.25, 0.3) is 5.91 Å². The maximum absolute atomic E-state index is 12.0. The molecule has 116 valence electrons. The summed E-state index contributed by atoms with van der Waals surface area (Å²) in [6.45, 7) is 4.15. The number of aromatic nitrogens is 1. The molecule has 0 radical (unpaired) electrons. The number of hydrogen-bond donors (Lipinski definition) is 1. The van der Waals surface area contributed by atoms with E-state index in [1.54, 1.807) is 19.0 Å². The molecule has 0 aliphatic carbocycles. The van der Waals surface area contributed by atoms with Crippen molar-refractivity contribution in [3.8, 4) is 0 Å². The van der Waals surface area contributed by atoms with Crippen LogP contribution in [-0.2, 0) is 13.0 Å². The van der Waals surface area contributed by atoms with Gasteiger partial charge >= 0.3 is 0 Å². The van der Waals surface area contributed by atoms with E-state index in [-0.39, 0.29) is 5.91 Å². The molecule has 0 spiro atoms. The van der Waals surface area contributed by atoms with Crippen molar-refractivity contribution in [2.45, 2.75) is 19.9 Å². The number of nitrogens with one attached hydrogen (secondary N) is 1. The Labute approximate surface area is 131 Å². The van der Waals surface area contributed by atoms with Gasteiger partial charge in [-0.1, -0.05) is 25.1 Å². The predicted octanol–water partition coefficient (Wildman–Crippen LogP) is 2.92. The van der Waals surface area contributed by atoms with Crippen LogP contribution in [-0.4, -0.2) is 36.4 Å². The molecule has 1 aliphatic heterocycles. The second-order valence-electron chi connectivity index (χ2n) is 6.42. The highest BCUT2D eigenvalue weighted by atomic mass is 16.2. The molecule has 3 rings (SSSR count). The van der Waals surface area contributed by atoms with Crippen LogP contribution in [0.3, 0.4) is 0 Å². The Balaban J connectivity index is 1.80. The number of para-hydroxylation sites is 1. The molecule has 1 atom stereocenters. The first-order valence-electron chi connectivity index (χ1n) is 7.77. The van der Waals surface area contributed by atoms with Gasteiger partial charge in [-0.15, -0.1) is 0 Å². The maximum Gasteiger partial charge on any atom is 0.269 e. The molecule has 2 heterocycles. The second-order valence-corrected chi connectivity index (χ2v) is 6.42. The summed E-state index contributed by atoms with van der Waals surface area (Å²) in [6.07, 6.45) is 1.14. The van der Waals surface area contributed by atoms with Gasteiger partial charge in [0, 0.05) is 32.0 Å². The third-order valence-electron chi connectivity index (χ3n) is 4.18. The quantitative estimate of drug-likeness (QED) is 0.946. The van der Waals surface area contributed by atoms with Crippen LogP contribution in [0.2, 0.25) is 0 Å². The molecule has 22 heavy (non-hydrogen) atoms. The zero-order chi connectivity index (χ0) is 15.7. The van der Waals surface area contributed by atoms with E-state index < -0.39 is 0 Å². The lowest BCUT2D eigenvalue weighted by molar-refractivity contribution is 0.0822. The van der Waals surface area contributed by atoms with Crippen molar-refractivity contribution in [3.63, 3.8) is 0 Å². The third-order valence-corrected chi connectivity index (χ3v) is 4.18. The normalized spacial score (nSPS) is 17.2. The van der Waals surface area contributed by atoms with Crippen LogP contribution in [0, 0.1) is 5.92 Å². The Morgan fingerprint density at radius 1 is 1.27 bits per heavy atom. The van der Waals surface area contributed by atoms with E-state index in [0.29, 0.717) is 11.6 Å². The van der Waals surface area contributed by atoms with Crippen molar-refractivity contribution in [2.75, 3.05) is 25.5 Å². The van der Waals surface area contributed by atoms with Gasteiger partial charge in [-0.25, -0.2) is 0 Å². The highest BCUT2D eigenvalue weighted by Gasteiger charge is 2.22. The van der Waals surface area contributed by atoms with Crippen molar-refractivity contribution >= 4 is 11.6 Å². The minimum Gasteiger partial charge on any atom is -0.365 e. The minimum atomic E-state index is 0.0127. The first-order chi connectivity index (χ1) is 10.5. The van der Waals surface area contributed by atoms with Crippen LogP contribution in [0.25, 0.3) is 0 Å². The zero-order valence-electron chi connectivity index (χ0n) is 13.5. The Hall–Kier alpha value is -2.23. The highest BCUT2D eigenvalue weighted by molar-refractivity contribution is 5.92. The molecule has 1 aliphatic rings. The van der Waals surface area contributed by atoms with Gasteiger partial charge < -0.3 is 14.8 Å². The van der Waals surface area contributed by atoms with E-state index in [2.05, 4.69) is 41.1 Å². The molecule has 0 fully saturated rings. The number of aromatic amines is 1. The molecule has 1 aromatic carbocycles. The fourth-order valence-electron chi connectivity index (χ4n) is 3.16. The van der Waals surface area contributed by atoms with Gasteiger partial charge in [0.05, 0.1) is 6.54 Å². The number of anilines is 1. The molecule has 0 bridgehead atoms. The SMILES string of the molecule is C[C@H]1Cc2ccccc2N(Cc2ccc(C(=O)N(C)C)[nH]2)C1. The molecule has 0 saturated carbocycles. The Kier molecular flexibility index (Phi) is 3.92. The van der Waals surface area contributed by atoms with Crippen LogP contribution in [0.5, 0.6) is 0 Å². The largest absolute Gasteiger partial charge is 0.365 e. The molecule has 1 N–H and O–H groups in total. The zero-order valence-corrected chi connectivity index (χ0v) is 13.5. The fourth-order valence-corrected chi connectivity index (χ4v) is 3.16. The maximum atomic E-state index is 12.0.